The summed E-state index contributed by atoms with van der Waals surface area (Å²) in [5.41, 5.74) is 8.08. The number of ether oxygens (including phenoxy) is 1. The Balaban J connectivity index is 2.73. The van der Waals surface area contributed by atoms with Crippen molar-refractivity contribution in [2.24, 2.45) is 12.8 Å². The summed E-state index contributed by atoms with van der Waals surface area (Å²) in [6.45, 7) is 2.45. The molecule has 4 nitrogen and oxygen atoms in total. The number of carbonyl (C=O) groups excluding carboxylic acids is 1. The third-order valence-electron chi connectivity index (χ3n) is 2.96. The summed E-state index contributed by atoms with van der Waals surface area (Å²) in [6, 6.07) is 5.79. The number of nitrogens with two attached hydrogens (primary N) is 1. The summed E-state index contributed by atoms with van der Waals surface area (Å²) in [6.07, 6.45) is 0. The quantitative estimate of drug-likeness (QED) is 0.886. The monoisotopic (exact) mass is 310 g/mol. The Kier molecular flexibility index (Phi) is 3.73. The van der Waals surface area contributed by atoms with Gasteiger partial charge in [-0.1, -0.05) is 22.0 Å². The van der Waals surface area contributed by atoms with Crippen molar-refractivity contribution < 1.29 is 9.53 Å². The summed E-state index contributed by atoms with van der Waals surface area (Å²) in [4.78, 5) is 12.0. The first-order valence-corrected chi connectivity index (χ1v) is 6.53. The van der Waals surface area contributed by atoms with E-state index in [1.807, 2.05) is 29.8 Å². The Morgan fingerprint density at radius 2 is 2.22 bits per heavy atom. The fourth-order valence-corrected chi connectivity index (χ4v) is 2.48. The van der Waals surface area contributed by atoms with Gasteiger partial charge in [0.05, 0.1) is 17.7 Å². The van der Waals surface area contributed by atoms with Crippen LogP contribution in [0.3, 0.4) is 0 Å². The van der Waals surface area contributed by atoms with Gasteiger partial charge in [-0.3, -0.25) is 0 Å². The van der Waals surface area contributed by atoms with Gasteiger partial charge in [0.15, 0.2) is 0 Å². The average Bonchev–Trinajstić information content (AvgIpc) is 2.62. The second-order valence-electron chi connectivity index (χ2n) is 3.97. The van der Waals surface area contributed by atoms with Crippen LogP contribution in [0.5, 0.6) is 0 Å². The van der Waals surface area contributed by atoms with E-state index in [4.69, 9.17) is 10.5 Å². The van der Waals surface area contributed by atoms with E-state index in [9.17, 15) is 4.79 Å². The zero-order chi connectivity index (χ0) is 13.3. The number of benzene rings is 1. The Morgan fingerprint density at radius 3 is 2.83 bits per heavy atom. The van der Waals surface area contributed by atoms with Crippen molar-refractivity contribution in [1.82, 2.24) is 4.57 Å². The molecule has 1 aromatic heterocycles. The highest BCUT2D eigenvalue weighted by molar-refractivity contribution is 9.10. The second kappa shape index (κ2) is 5.12. The first-order valence-electron chi connectivity index (χ1n) is 5.74. The summed E-state index contributed by atoms with van der Waals surface area (Å²) < 4.78 is 8.01. The number of halogens is 1. The lowest BCUT2D eigenvalue weighted by atomic mass is 10.1. The standard InChI is InChI=1S/C13H15BrN2O2/c1-3-18-13(17)12-9-5-4-8(14)6-10(9)16(2)11(12)7-15/h4-6H,3,7,15H2,1-2H3. The van der Waals surface area contributed by atoms with E-state index in [0.29, 0.717) is 18.7 Å². The molecule has 96 valence electrons. The normalized spacial score (nSPS) is 10.9. The van der Waals surface area contributed by atoms with Crippen LogP contribution >= 0.6 is 15.9 Å². The number of esters is 1. The van der Waals surface area contributed by atoms with E-state index < -0.39 is 0 Å². The summed E-state index contributed by atoms with van der Waals surface area (Å²) >= 11 is 3.43. The van der Waals surface area contributed by atoms with Crippen LogP contribution in [0, 0.1) is 0 Å². The summed E-state index contributed by atoms with van der Waals surface area (Å²) in [5.74, 6) is -0.314. The number of nitrogens with zero attached hydrogens (tertiary/aromatic N) is 1. The number of fused-ring (bicyclic) bond motifs is 1. The molecule has 0 aliphatic carbocycles. The molecule has 0 spiro atoms. The number of carbonyl (C=O) groups is 1. The molecular formula is C13H15BrN2O2. The van der Waals surface area contributed by atoms with Gasteiger partial charge in [-0.25, -0.2) is 4.79 Å². The van der Waals surface area contributed by atoms with Gasteiger partial charge >= 0.3 is 5.97 Å². The molecule has 0 amide bonds. The van der Waals surface area contributed by atoms with Gasteiger partial charge in [0.2, 0.25) is 0 Å². The third kappa shape index (κ3) is 2.04. The molecule has 0 unspecified atom stereocenters. The van der Waals surface area contributed by atoms with Crippen LogP contribution in [0.1, 0.15) is 23.0 Å². The minimum atomic E-state index is -0.314. The van der Waals surface area contributed by atoms with Crippen LogP contribution in [-0.4, -0.2) is 17.1 Å². The molecule has 0 aliphatic heterocycles. The largest absolute Gasteiger partial charge is 0.462 e. The van der Waals surface area contributed by atoms with Crippen molar-refractivity contribution in [3.05, 3.63) is 33.9 Å². The Labute approximate surface area is 114 Å². The SMILES string of the molecule is CCOC(=O)c1c(CN)n(C)c2cc(Br)ccc12. The van der Waals surface area contributed by atoms with Gasteiger partial charge < -0.3 is 15.0 Å². The Hall–Kier alpha value is -1.33. The van der Waals surface area contributed by atoms with E-state index in [2.05, 4.69) is 15.9 Å². The van der Waals surface area contributed by atoms with Crippen LogP contribution in [0.2, 0.25) is 0 Å². The number of hydrogen-bond acceptors (Lipinski definition) is 3. The fraction of sp³-hybridized carbons (Fsp3) is 0.308. The number of rotatable bonds is 3. The first-order chi connectivity index (χ1) is 8.60. The van der Waals surface area contributed by atoms with E-state index in [0.717, 1.165) is 21.1 Å². The van der Waals surface area contributed by atoms with Gasteiger partial charge in [-0.15, -0.1) is 0 Å². The average molecular weight is 311 g/mol. The maximum atomic E-state index is 12.0. The van der Waals surface area contributed by atoms with Gasteiger partial charge in [0.1, 0.15) is 0 Å². The van der Waals surface area contributed by atoms with E-state index in [1.54, 1.807) is 6.92 Å². The highest BCUT2D eigenvalue weighted by Gasteiger charge is 2.21. The Morgan fingerprint density at radius 1 is 1.50 bits per heavy atom. The zero-order valence-electron chi connectivity index (χ0n) is 10.4. The van der Waals surface area contributed by atoms with Crippen LogP contribution in [0.15, 0.2) is 22.7 Å². The van der Waals surface area contributed by atoms with Crippen molar-refractivity contribution >= 4 is 32.8 Å². The molecule has 0 fully saturated rings. The zero-order valence-corrected chi connectivity index (χ0v) is 12.0. The minimum Gasteiger partial charge on any atom is -0.462 e. The Bertz CT molecular complexity index is 605. The smallest absolute Gasteiger partial charge is 0.340 e. The molecule has 2 rings (SSSR count). The lowest BCUT2D eigenvalue weighted by Gasteiger charge is -2.04. The lowest BCUT2D eigenvalue weighted by molar-refractivity contribution is 0.0527. The molecule has 0 saturated carbocycles. The van der Waals surface area contributed by atoms with Crippen LogP contribution < -0.4 is 5.73 Å². The minimum absolute atomic E-state index is 0.303. The number of hydrogen-bond donors (Lipinski definition) is 1. The van der Waals surface area contributed by atoms with Gasteiger partial charge in [0.25, 0.3) is 0 Å². The molecule has 0 radical (unpaired) electrons. The first kappa shape index (κ1) is 13.1. The molecule has 18 heavy (non-hydrogen) atoms. The van der Waals surface area contributed by atoms with E-state index in [-0.39, 0.29) is 5.97 Å². The predicted octanol–water partition coefficient (Wildman–Crippen LogP) is 2.58. The van der Waals surface area contributed by atoms with Crippen molar-refractivity contribution in [3.8, 4) is 0 Å². The maximum absolute atomic E-state index is 12.0. The fourth-order valence-electron chi connectivity index (χ4n) is 2.13. The summed E-state index contributed by atoms with van der Waals surface area (Å²) in [7, 11) is 1.90. The molecule has 0 bridgehead atoms. The topological polar surface area (TPSA) is 57.2 Å². The predicted molar refractivity (Wildman–Crippen MR) is 74.5 cm³/mol. The van der Waals surface area contributed by atoms with Gasteiger partial charge in [0, 0.05) is 29.1 Å². The molecule has 2 N–H and O–H groups in total. The summed E-state index contributed by atoms with van der Waals surface area (Å²) in [5, 5.41) is 0.875. The second-order valence-corrected chi connectivity index (χ2v) is 4.88. The van der Waals surface area contributed by atoms with Gasteiger partial charge in [-0.05, 0) is 19.1 Å². The molecule has 5 heteroatoms. The molecule has 1 aromatic carbocycles. The van der Waals surface area contributed by atoms with Gasteiger partial charge in [-0.2, -0.15) is 0 Å². The maximum Gasteiger partial charge on any atom is 0.340 e. The lowest BCUT2D eigenvalue weighted by Crippen LogP contribution is -2.12. The van der Waals surface area contributed by atoms with Crippen molar-refractivity contribution in [1.29, 1.82) is 0 Å². The molecule has 2 aromatic rings. The molecule has 0 atom stereocenters. The van der Waals surface area contributed by atoms with Crippen molar-refractivity contribution in [3.63, 3.8) is 0 Å². The highest BCUT2D eigenvalue weighted by atomic mass is 79.9. The van der Waals surface area contributed by atoms with E-state index in [1.165, 1.54) is 0 Å². The van der Waals surface area contributed by atoms with Crippen molar-refractivity contribution in [2.45, 2.75) is 13.5 Å². The van der Waals surface area contributed by atoms with Crippen LogP contribution in [0.4, 0.5) is 0 Å². The van der Waals surface area contributed by atoms with Crippen LogP contribution in [0.25, 0.3) is 10.9 Å². The van der Waals surface area contributed by atoms with Crippen molar-refractivity contribution in [2.75, 3.05) is 6.61 Å². The van der Waals surface area contributed by atoms with E-state index >= 15 is 0 Å². The number of aromatic nitrogens is 1. The molecule has 0 aliphatic rings. The number of aryl methyl sites for hydroxylation is 1. The molecule has 0 saturated heterocycles. The van der Waals surface area contributed by atoms with Crippen LogP contribution in [-0.2, 0) is 18.3 Å². The highest BCUT2D eigenvalue weighted by Crippen LogP contribution is 2.28. The molecular weight excluding hydrogens is 296 g/mol. The third-order valence-corrected chi connectivity index (χ3v) is 3.45. The molecule has 1 heterocycles.